The monoisotopic (exact) mass is 372 g/mol. The number of carbonyl (C=O) groups is 2. The van der Waals surface area contributed by atoms with E-state index < -0.39 is 17.4 Å². The number of hydrogen-bond acceptors (Lipinski definition) is 4. The average molecular weight is 372 g/mol. The van der Waals surface area contributed by atoms with Gasteiger partial charge in [0.2, 0.25) is 0 Å². The molecule has 0 fully saturated rings. The molecule has 0 amide bonds. The summed E-state index contributed by atoms with van der Waals surface area (Å²) in [5.41, 5.74) is 0.829. The number of phenols is 2. The molecule has 2 aromatic rings. The van der Waals surface area contributed by atoms with Gasteiger partial charge in [-0.1, -0.05) is 24.3 Å². The summed E-state index contributed by atoms with van der Waals surface area (Å²) in [5, 5.41) is 38.0. The lowest BCUT2D eigenvalue weighted by Crippen LogP contribution is -2.28. The molecule has 27 heavy (non-hydrogen) atoms. The molecular formula is C21H24O6. The zero-order valence-corrected chi connectivity index (χ0v) is 15.0. The molecule has 0 unspecified atom stereocenters. The van der Waals surface area contributed by atoms with Crippen LogP contribution in [0.1, 0.15) is 49.7 Å². The number of phenolic OH excluding ortho intramolecular Hbond substituents is 2. The van der Waals surface area contributed by atoms with Crippen LogP contribution in [0, 0.1) is 0 Å². The molecule has 2 aromatic carbocycles. The van der Waals surface area contributed by atoms with Crippen molar-refractivity contribution in [3.63, 3.8) is 0 Å². The van der Waals surface area contributed by atoms with Gasteiger partial charge in [0.05, 0.1) is 0 Å². The van der Waals surface area contributed by atoms with Crippen molar-refractivity contribution >= 4 is 11.9 Å². The molecule has 0 saturated carbocycles. The minimum Gasteiger partial charge on any atom is -0.508 e. The number of rotatable bonds is 10. The Labute approximate surface area is 157 Å². The Morgan fingerprint density at radius 2 is 1.15 bits per heavy atom. The molecule has 144 valence electrons. The van der Waals surface area contributed by atoms with Crippen molar-refractivity contribution in [2.75, 3.05) is 0 Å². The highest BCUT2D eigenvalue weighted by Gasteiger charge is 2.34. The summed E-state index contributed by atoms with van der Waals surface area (Å²) in [6, 6.07) is 13.4. The van der Waals surface area contributed by atoms with E-state index in [2.05, 4.69) is 0 Å². The summed E-state index contributed by atoms with van der Waals surface area (Å²) in [6.45, 7) is 0. The Morgan fingerprint density at radius 1 is 0.741 bits per heavy atom. The van der Waals surface area contributed by atoms with Crippen molar-refractivity contribution in [3.8, 4) is 11.5 Å². The molecule has 6 heteroatoms. The minimum absolute atomic E-state index is 0.0156. The zero-order valence-electron chi connectivity index (χ0n) is 15.0. The van der Waals surface area contributed by atoms with Gasteiger partial charge in [0, 0.05) is 18.3 Å². The Hall–Kier alpha value is -3.02. The summed E-state index contributed by atoms with van der Waals surface area (Å²) in [6.07, 6.45) is 1.63. The minimum atomic E-state index is -0.902. The van der Waals surface area contributed by atoms with Crippen LogP contribution in [0.5, 0.6) is 11.5 Å². The highest BCUT2D eigenvalue weighted by molar-refractivity contribution is 5.67. The Balaban J connectivity index is 2.51. The molecule has 0 atom stereocenters. The van der Waals surface area contributed by atoms with Gasteiger partial charge in [-0.2, -0.15) is 0 Å². The van der Waals surface area contributed by atoms with Gasteiger partial charge in [0.1, 0.15) is 11.5 Å². The molecule has 0 radical (unpaired) electrons. The van der Waals surface area contributed by atoms with Gasteiger partial charge in [0.15, 0.2) is 0 Å². The average Bonchev–Trinajstić information content (AvgIpc) is 2.60. The third-order valence-electron chi connectivity index (χ3n) is 4.79. The van der Waals surface area contributed by atoms with Crippen LogP contribution in [0.3, 0.4) is 0 Å². The second-order valence-corrected chi connectivity index (χ2v) is 6.68. The Bertz CT molecular complexity index is 731. The number of carboxylic acid groups (broad SMARTS) is 2. The predicted octanol–water partition coefficient (Wildman–Crippen LogP) is 3.89. The van der Waals surface area contributed by atoms with Crippen LogP contribution in [0.15, 0.2) is 48.5 Å². The fourth-order valence-electron chi connectivity index (χ4n) is 3.56. The fraction of sp³-hybridized carbons (Fsp3) is 0.333. The first-order valence-electron chi connectivity index (χ1n) is 8.86. The molecule has 0 spiro atoms. The highest BCUT2D eigenvalue weighted by Crippen LogP contribution is 2.43. The van der Waals surface area contributed by atoms with Crippen LogP contribution in [-0.4, -0.2) is 32.4 Å². The van der Waals surface area contributed by atoms with Crippen LogP contribution in [0.4, 0.5) is 0 Å². The van der Waals surface area contributed by atoms with Gasteiger partial charge in [-0.3, -0.25) is 9.59 Å². The van der Waals surface area contributed by atoms with Gasteiger partial charge in [0.25, 0.3) is 0 Å². The van der Waals surface area contributed by atoms with Crippen molar-refractivity contribution in [3.05, 3.63) is 59.7 Å². The highest BCUT2D eigenvalue weighted by atomic mass is 16.4. The molecular weight excluding hydrogens is 348 g/mol. The first-order valence-corrected chi connectivity index (χ1v) is 8.86. The van der Waals surface area contributed by atoms with Crippen LogP contribution in [0.2, 0.25) is 0 Å². The largest absolute Gasteiger partial charge is 0.508 e. The lowest BCUT2D eigenvalue weighted by atomic mass is 9.68. The first-order chi connectivity index (χ1) is 12.8. The number of aliphatic carboxylic acids is 2. The second kappa shape index (κ2) is 9.07. The van der Waals surface area contributed by atoms with E-state index in [1.54, 1.807) is 36.4 Å². The molecule has 0 aliphatic carbocycles. The summed E-state index contributed by atoms with van der Waals surface area (Å²) < 4.78 is 0. The zero-order chi connectivity index (χ0) is 19.9. The number of carboxylic acids is 2. The standard InChI is InChI=1S/C21H24O6/c22-17-7-1-5-15(13-17)21(11-3-9-19(24)25,12-4-10-20(26)27)16-6-2-8-18(23)14-16/h1-2,5-8,13-14,22-23H,3-4,9-12H2,(H,24,25)(H,26,27). The molecule has 0 heterocycles. The molecule has 2 rings (SSSR count). The van der Waals surface area contributed by atoms with Crippen LogP contribution >= 0.6 is 0 Å². The van der Waals surface area contributed by atoms with E-state index in [0.717, 1.165) is 11.1 Å². The van der Waals surface area contributed by atoms with E-state index in [4.69, 9.17) is 10.2 Å². The van der Waals surface area contributed by atoms with Gasteiger partial charge < -0.3 is 20.4 Å². The van der Waals surface area contributed by atoms with Gasteiger partial charge in [-0.05, 0) is 61.1 Å². The van der Waals surface area contributed by atoms with Crippen LogP contribution in [0.25, 0.3) is 0 Å². The lowest BCUT2D eigenvalue weighted by Gasteiger charge is -2.36. The maximum atomic E-state index is 11.0. The summed E-state index contributed by atoms with van der Waals surface area (Å²) >= 11 is 0. The van der Waals surface area contributed by atoms with Gasteiger partial charge in [-0.25, -0.2) is 0 Å². The molecule has 0 bridgehead atoms. The van der Waals surface area contributed by atoms with Gasteiger partial charge >= 0.3 is 11.9 Å². The van der Waals surface area contributed by atoms with Crippen LogP contribution in [-0.2, 0) is 15.0 Å². The van der Waals surface area contributed by atoms with E-state index in [1.807, 2.05) is 12.1 Å². The Kier molecular flexibility index (Phi) is 6.82. The maximum absolute atomic E-state index is 11.0. The third kappa shape index (κ3) is 5.48. The van der Waals surface area contributed by atoms with Crippen molar-refractivity contribution < 1.29 is 30.0 Å². The number of benzene rings is 2. The lowest BCUT2D eigenvalue weighted by molar-refractivity contribution is -0.138. The second-order valence-electron chi connectivity index (χ2n) is 6.68. The van der Waals surface area contributed by atoms with Crippen LogP contribution < -0.4 is 0 Å². The van der Waals surface area contributed by atoms with E-state index >= 15 is 0 Å². The summed E-state index contributed by atoms with van der Waals surface area (Å²) in [4.78, 5) is 22.0. The SMILES string of the molecule is O=C(O)CCCC(CCCC(=O)O)(c1cccc(O)c1)c1cccc(O)c1. The van der Waals surface area contributed by atoms with E-state index in [0.29, 0.717) is 25.7 Å². The maximum Gasteiger partial charge on any atom is 0.303 e. The van der Waals surface area contributed by atoms with Crippen molar-refractivity contribution in [1.29, 1.82) is 0 Å². The molecule has 0 saturated heterocycles. The van der Waals surface area contributed by atoms with Crippen molar-refractivity contribution in [1.82, 2.24) is 0 Å². The van der Waals surface area contributed by atoms with Crippen molar-refractivity contribution in [2.24, 2.45) is 0 Å². The van der Waals surface area contributed by atoms with E-state index in [-0.39, 0.29) is 24.3 Å². The molecule has 6 nitrogen and oxygen atoms in total. The predicted molar refractivity (Wildman–Crippen MR) is 100.0 cm³/mol. The molecule has 4 N–H and O–H groups in total. The number of aromatic hydroxyl groups is 2. The van der Waals surface area contributed by atoms with Gasteiger partial charge in [-0.15, -0.1) is 0 Å². The topological polar surface area (TPSA) is 115 Å². The molecule has 0 aromatic heterocycles. The fourth-order valence-corrected chi connectivity index (χ4v) is 3.56. The van der Waals surface area contributed by atoms with E-state index in [1.165, 1.54) is 0 Å². The van der Waals surface area contributed by atoms with E-state index in [9.17, 15) is 19.8 Å². The van der Waals surface area contributed by atoms with Crippen molar-refractivity contribution in [2.45, 2.75) is 43.9 Å². The molecule has 0 aliphatic heterocycles. The first kappa shape index (κ1) is 20.3. The molecule has 0 aliphatic rings. The quantitative estimate of drug-likeness (QED) is 0.503. The summed E-state index contributed by atoms with van der Waals surface area (Å²) in [5.74, 6) is -1.65. The normalized spacial score (nSPS) is 11.3. The number of hydrogen-bond donors (Lipinski definition) is 4. The third-order valence-corrected chi connectivity index (χ3v) is 4.79. The Morgan fingerprint density at radius 3 is 1.48 bits per heavy atom. The smallest absolute Gasteiger partial charge is 0.303 e. The summed E-state index contributed by atoms with van der Waals surface area (Å²) in [7, 11) is 0.